The summed E-state index contributed by atoms with van der Waals surface area (Å²) in [6.07, 6.45) is 8.39. The first-order valence-corrected chi connectivity index (χ1v) is 7.41. The highest BCUT2D eigenvalue weighted by atomic mass is 14.9. The molecule has 0 aliphatic rings. The highest BCUT2D eigenvalue weighted by Crippen LogP contribution is 2.22. The standard InChI is InChI=1S/C17H24N2/c1-3-4-5-6-9-14(2)19-16-12-7-10-15-11-8-13-18-17(15)16/h7-8,10-14,19H,3-6,9H2,1-2H3. The number of nitrogens with zero attached hydrogens (tertiary/aromatic N) is 1. The van der Waals surface area contributed by atoms with Gasteiger partial charge in [-0.2, -0.15) is 0 Å². The Labute approximate surface area is 116 Å². The maximum Gasteiger partial charge on any atom is 0.0933 e. The first-order chi connectivity index (χ1) is 9.31. The van der Waals surface area contributed by atoms with Gasteiger partial charge in [0.25, 0.3) is 0 Å². The molecule has 102 valence electrons. The molecular formula is C17H24N2. The van der Waals surface area contributed by atoms with Crippen molar-refractivity contribution >= 4 is 16.6 Å². The molecule has 0 amide bonds. The third kappa shape index (κ3) is 3.95. The van der Waals surface area contributed by atoms with Crippen molar-refractivity contribution in [3.63, 3.8) is 0 Å². The molecule has 2 nitrogen and oxygen atoms in total. The van der Waals surface area contributed by atoms with Gasteiger partial charge in [-0.05, 0) is 25.5 Å². The van der Waals surface area contributed by atoms with Gasteiger partial charge in [0.05, 0.1) is 11.2 Å². The lowest BCUT2D eigenvalue weighted by Crippen LogP contribution is -2.15. The van der Waals surface area contributed by atoms with Crippen LogP contribution in [0.4, 0.5) is 5.69 Å². The molecule has 1 atom stereocenters. The Bertz CT molecular complexity index is 502. The van der Waals surface area contributed by atoms with Gasteiger partial charge >= 0.3 is 0 Å². The van der Waals surface area contributed by atoms with E-state index in [-0.39, 0.29) is 0 Å². The highest BCUT2D eigenvalue weighted by molar-refractivity contribution is 5.90. The average molecular weight is 256 g/mol. The van der Waals surface area contributed by atoms with Crippen molar-refractivity contribution < 1.29 is 0 Å². The number of fused-ring (bicyclic) bond motifs is 1. The van der Waals surface area contributed by atoms with Gasteiger partial charge in [-0.15, -0.1) is 0 Å². The zero-order chi connectivity index (χ0) is 13.5. The molecular weight excluding hydrogens is 232 g/mol. The summed E-state index contributed by atoms with van der Waals surface area (Å²) in [5.41, 5.74) is 2.23. The van der Waals surface area contributed by atoms with Gasteiger partial charge in [0.1, 0.15) is 0 Å². The van der Waals surface area contributed by atoms with E-state index in [2.05, 4.69) is 48.4 Å². The fourth-order valence-electron chi connectivity index (χ4n) is 2.44. The third-order valence-electron chi connectivity index (χ3n) is 3.53. The number of unbranched alkanes of at least 4 members (excludes halogenated alkanes) is 3. The van der Waals surface area contributed by atoms with Crippen molar-refractivity contribution in [1.29, 1.82) is 0 Å². The second-order valence-corrected chi connectivity index (χ2v) is 5.28. The molecule has 0 radical (unpaired) electrons. The molecule has 2 heteroatoms. The van der Waals surface area contributed by atoms with Gasteiger partial charge in [-0.1, -0.05) is 50.8 Å². The Balaban J connectivity index is 1.97. The lowest BCUT2D eigenvalue weighted by Gasteiger charge is -2.16. The molecule has 0 saturated carbocycles. The van der Waals surface area contributed by atoms with Crippen molar-refractivity contribution in [2.24, 2.45) is 0 Å². The Morgan fingerprint density at radius 3 is 2.79 bits per heavy atom. The summed E-state index contributed by atoms with van der Waals surface area (Å²) in [5, 5.41) is 4.80. The molecule has 1 N–H and O–H groups in total. The van der Waals surface area contributed by atoms with E-state index in [9.17, 15) is 0 Å². The van der Waals surface area contributed by atoms with Gasteiger partial charge in [-0.25, -0.2) is 0 Å². The first kappa shape index (κ1) is 13.9. The number of rotatable bonds is 7. The monoisotopic (exact) mass is 256 g/mol. The van der Waals surface area contributed by atoms with Crippen LogP contribution in [-0.4, -0.2) is 11.0 Å². The van der Waals surface area contributed by atoms with E-state index < -0.39 is 0 Å². The fourth-order valence-corrected chi connectivity index (χ4v) is 2.44. The van der Waals surface area contributed by atoms with E-state index in [1.54, 1.807) is 0 Å². The number of pyridine rings is 1. The molecule has 2 aromatic rings. The minimum absolute atomic E-state index is 0.504. The van der Waals surface area contributed by atoms with Crippen LogP contribution in [0.25, 0.3) is 10.9 Å². The fraction of sp³-hybridized carbons (Fsp3) is 0.471. The SMILES string of the molecule is CCCCCCC(C)Nc1cccc2cccnc12. The first-order valence-electron chi connectivity index (χ1n) is 7.41. The summed E-state index contributed by atoms with van der Waals surface area (Å²) >= 11 is 0. The van der Waals surface area contributed by atoms with Crippen LogP contribution in [0.2, 0.25) is 0 Å². The second kappa shape index (κ2) is 7.13. The summed E-state index contributed by atoms with van der Waals surface area (Å²) in [6.45, 7) is 4.51. The minimum atomic E-state index is 0.504. The predicted octanol–water partition coefficient (Wildman–Crippen LogP) is 5.01. The highest BCUT2D eigenvalue weighted by Gasteiger charge is 2.05. The van der Waals surface area contributed by atoms with Gasteiger partial charge < -0.3 is 5.32 Å². The molecule has 19 heavy (non-hydrogen) atoms. The van der Waals surface area contributed by atoms with Crippen LogP contribution in [0.3, 0.4) is 0 Å². The third-order valence-corrected chi connectivity index (χ3v) is 3.53. The van der Waals surface area contributed by atoms with Gasteiger partial charge in [0, 0.05) is 17.6 Å². The summed E-state index contributed by atoms with van der Waals surface area (Å²) in [7, 11) is 0. The summed E-state index contributed by atoms with van der Waals surface area (Å²) < 4.78 is 0. The zero-order valence-corrected chi connectivity index (χ0v) is 12.0. The summed E-state index contributed by atoms with van der Waals surface area (Å²) in [6, 6.07) is 10.9. The van der Waals surface area contributed by atoms with E-state index in [0.717, 1.165) is 11.2 Å². The van der Waals surface area contributed by atoms with Crippen molar-refractivity contribution in [2.45, 2.75) is 52.0 Å². The number of hydrogen-bond donors (Lipinski definition) is 1. The number of hydrogen-bond acceptors (Lipinski definition) is 2. The van der Waals surface area contributed by atoms with Crippen molar-refractivity contribution in [2.75, 3.05) is 5.32 Å². The van der Waals surface area contributed by atoms with Crippen LogP contribution in [0.1, 0.15) is 46.0 Å². The lowest BCUT2D eigenvalue weighted by molar-refractivity contribution is 0.594. The number of anilines is 1. The largest absolute Gasteiger partial charge is 0.381 e. The van der Waals surface area contributed by atoms with E-state index in [0.29, 0.717) is 6.04 Å². The van der Waals surface area contributed by atoms with Crippen LogP contribution in [0, 0.1) is 0 Å². The van der Waals surface area contributed by atoms with Gasteiger partial charge in [-0.3, -0.25) is 4.98 Å². The average Bonchev–Trinajstić information content (AvgIpc) is 2.44. The molecule has 1 aromatic carbocycles. The quantitative estimate of drug-likeness (QED) is 0.705. The van der Waals surface area contributed by atoms with E-state index >= 15 is 0 Å². The maximum absolute atomic E-state index is 4.48. The minimum Gasteiger partial charge on any atom is -0.381 e. The molecule has 1 aromatic heterocycles. The number of para-hydroxylation sites is 1. The molecule has 0 spiro atoms. The van der Waals surface area contributed by atoms with Crippen LogP contribution >= 0.6 is 0 Å². The lowest BCUT2D eigenvalue weighted by atomic mass is 10.1. The van der Waals surface area contributed by atoms with Crippen LogP contribution in [0.15, 0.2) is 36.5 Å². The number of benzene rings is 1. The number of nitrogens with one attached hydrogen (secondary N) is 1. The topological polar surface area (TPSA) is 24.9 Å². The van der Waals surface area contributed by atoms with E-state index in [1.165, 1.54) is 37.5 Å². The molecule has 1 unspecified atom stereocenters. The van der Waals surface area contributed by atoms with Crippen LogP contribution in [-0.2, 0) is 0 Å². The Hall–Kier alpha value is -1.57. The van der Waals surface area contributed by atoms with Crippen molar-refractivity contribution in [1.82, 2.24) is 4.98 Å². The van der Waals surface area contributed by atoms with Crippen molar-refractivity contribution in [3.05, 3.63) is 36.5 Å². The molecule has 0 aliphatic heterocycles. The molecule has 0 saturated heterocycles. The van der Waals surface area contributed by atoms with Crippen LogP contribution < -0.4 is 5.32 Å². The molecule has 0 bridgehead atoms. The smallest absolute Gasteiger partial charge is 0.0933 e. The molecule has 0 aliphatic carbocycles. The normalized spacial score (nSPS) is 12.5. The van der Waals surface area contributed by atoms with Gasteiger partial charge in [0.15, 0.2) is 0 Å². The maximum atomic E-state index is 4.48. The summed E-state index contributed by atoms with van der Waals surface area (Å²) in [4.78, 5) is 4.48. The van der Waals surface area contributed by atoms with Gasteiger partial charge in [0.2, 0.25) is 0 Å². The van der Waals surface area contributed by atoms with E-state index in [4.69, 9.17) is 0 Å². The Morgan fingerprint density at radius 1 is 1.11 bits per heavy atom. The zero-order valence-electron chi connectivity index (χ0n) is 12.0. The van der Waals surface area contributed by atoms with E-state index in [1.807, 2.05) is 12.3 Å². The second-order valence-electron chi connectivity index (χ2n) is 5.28. The Kier molecular flexibility index (Phi) is 5.20. The number of aromatic nitrogens is 1. The summed E-state index contributed by atoms with van der Waals surface area (Å²) in [5.74, 6) is 0. The van der Waals surface area contributed by atoms with Crippen molar-refractivity contribution in [3.8, 4) is 0 Å². The predicted molar refractivity (Wildman–Crippen MR) is 83.6 cm³/mol. The molecule has 1 heterocycles. The molecule has 0 fully saturated rings. The van der Waals surface area contributed by atoms with Crippen LogP contribution in [0.5, 0.6) is 0 Å². The molecule has 2 rings (SSSR count). The Morgan fingerprint density at radius 2 is 1.95 bits per heavy atom.